The zero-order valence-electron chi connectivity index (χ0n) is 10.8. The fourth-order valence-corrected chi connectivity index (χ4v) is 2.39. The van der Waals surface area contributed by atoms with Crippen LogP contribution in [0.1, 0.15) is 41.5 Å². The van der Waals surface area contributed by atoms with Gasteiger partial charge in [-0.05, 0) is 47.6 Å². The maximum absolute atomic E-state index is 9.52. The van der Waals surface area contributed by atoms with E-state index in [4.69, 9.17) is 9.47 Å². The van der Waals surface area contributed by atoms with Gasteiger partial charge in [0, 0.05) is 0 Å². The van der Waals surface area contributed by atoms with Crippen LogP contribution in [0.5, 0.6) is 0 Å². The molecule has 0 aliphatic carbocycles. The molecular formula is C11H24O3Si. The van der Waals surface area contributed by atoms with Crippen molar-refractivity contribution < 1.29 is 14.3 Å². The van der Waals surface area contributed by atoms with Gasteiger partial charge in [-0.15, -0.1) is 0 Å². The van der Waals surface area contributed by atoms with Crippen molar-refractivity contribution in [1.29, 1.82) is 0 Å². The van der Waals surface area contributed by atoms with E-state index in [2.05, 4.69) is 6.58 Å². The first-order valence-corrected chi connectivity index (χ1v) is 6.52. The topological polar surface area (TPSA) is 38.7 Å². The molecule has 0 rings (SSSR count). The fourth-order valence-electron chi connectivity index (χ4n) is 1.27. The van der Waals surface area contributed by atoms with Crippen LogP contribution >= 0.6 is 0 Å². The molecule has 0 bridgehead atoms. The van der Waals surface area contributed by atoms with E-state index in [1.165, 1.54) is 0 Å². The Morgan fingerprint density at radius 2 is 1.33 bits per heavy atom. The number of ether oxygens (including phenoxy) is 2. The summed E-state index contributed by atoms with van der Waals surface area (Å²) in [5.74, 6) is 0. The zero-order valence-corrected chi connectivity index (χ0v) is 12.2. The van der Waals surface area contributed by atoms with Gasteiger partial charge < -0.3 is 14.3 Å². The molecule has 0 aliphatic rings. The largest absolute Gasteiger partial charge is 0.432 e. The van der Waals surface area contributed by atoms with Gasteiger partial charge in [0.1, 0.15) is 0 Å². The highest BCUT2D eigenvalue weighted by Crippen LogP contribution is 2.26. The lowest BCUT2D eigenvalue weighted by molar-refractivity contribution is -0.243. The molecule has 0 amide bonds. The first-order valence-electron chi connectivity index (χ1n) is 5.18. The summed E-state index contributed by atoms with van der Waals surface area (Å²) in [5, 5.41) is 0. The highest BCUT2D eigenvalue weighted by Gasteiger charge is 2.37. The summed E-state index contributed by atoms with van der Waals surface area (Å²) in [5.41, 5.74) is -1.72. The summed E-state index contributed by atoms with van der Waals surface area (Å²) < 4.78 is 11.5. The van der Waals surface area contributed by atoms with Gasteiger partial charge in [-0.25, -0.2) is 0 Å². The Bertz CT molecular complexity index is 197. The Morgan fingerprint density at radius 3 is 1.47 bits per heavy atom. The summed E-state index contributed by atoms with van der Waals surface area (Å²) in [6, 6.07) is 0. The van der Waals surface area contributed by atoms with E-state index >= 15 is 0 Å². The maximum Gasteiger partial charge on any atom is 0.228 e. The van der Waals surface area contributed by atoms with Gasteiger partial charge in [-0.2, -0.15) is 0 Å². The van der Waals surface area contributed by atoms with Crippen LogP contribution in [0.4, 0.5) is 0 Å². The number of hydrogen-bond acceptors (Lipinski definition) is 3. The molecule has 0 aromatic heterocycles. The number of hydrogen-bond donors (Lipinski definition) is 1. The lowest BCUT2D eigenvalue weighted by atomic mass is 10.2. The fraction of sp³-hybridized carbons (Fsp3) is 0.818. The van der Waals surface area contributed by atoms with E-state index in [9.17, 15) is 4.80 Å². The minimum absolute atomic E-state index is 0.366. The van der Waals surface area contributed by atoms with Crippen LogP contribution in [0.3, 0.4) is 0 Å². The van der Waals surface area contributed by atoms with Crippen molar-refractivity contribution in [2.75, 3.05) is 0 Å². The van der Waals surface area contributed by atoms with Crippen molar-refractivity contribution in [3.8, 4) is 0 Å². The van der Waals surface area contributed by atoms with Gasteiger partial charge in [0.05, 0.1) is 11.2 Å². The molecule has 0 unspecified atom stereocenters. The Balaban J connectivity index is 4.82. The van der Waals surface area contributed by atoms with Gasteiger partial charge in [0.2, 0.25) is 9.76 Å². The average Bonchev–Trinajstić information content (AvgIpc) is 1.98. The predicted molar refractivity (Wildman–Crippen MR) is 65.4 cm³/mol. The van der Waals surface area contributed by atoms with Gasteiger partial charge in [-0.3, -0.25) is 0 Å². The molecule has 90 valence electrons. The second-order valence-corrected chi connectivity index (χ2v) is 6.90. The van der Waals surface area contributed by atoms with Crippen molar-refractivity contribution in [3.05, 3.63) is 12.7 Å². The van der Waals surface area contributed by atoms with Crippen molar-refractivity contribution in [2.45, 2.75) is 58.2 Å². The van der Waals surface area contributed by atoms with Crippen LogP contribution in [-0.4, -0.2) is 31.2 Å². The Morgan fingerprint density at radius 1 is 1.00 bits per heavy atom. The number of rotatable bonds is 4. The molecule has 15 heavy (non-hydrogen) atoms. The van der Waals surface area contributed by atoms with Crippen LogP contribution in [-0.2, 0) is 9.47 Å². The van der Waals surface area contributed by atoms with Crippen LogP contribution < -0.4 is 0 Å². The summed E-state index contributed by atoms with van der Waals surface area (Å²) in [7, 11) is -1.50. The quantitative estimate of drug-likeness (QED) is 0.454. The lowest BCUT2D eigenvalue weighted by Crippen LogP contribution is -2.49. The lowest BCUT2D eigenvalue weighted by Gasteiger charge is -2.39. The molecule has 0 aliphatic heterocycles. The van der Waals surface area contributed by atoms with Crippen LogP contribution in [0.2, 0.25) is 0 Å². The molecule has 4 heteroatoms. The highest BCUT2D eigenvalue weighted by atomic mass is 28.2. The van der Waals surface area contributed by atoms with Gasteiger partial charge in [0.25, 0.3) is 0 Å². The van der Waals surface area contributed by atoms with Crippen molar-refractivity contribution in [2.24, 2.45) is 0 Å². The smallest absolute Gasteiger partial charge is 0.228 e. The minimum atomic E-state index is -1.50. The summed E-state index contributed by atoms with van der Waals surface area (Å²) in [6.45, 7) is 15.3. The van der Waals surface area contributed by atoms with E-state index in [0.29, 0.717) is 0 Å². The molecule has 0 radical (unpaired) electrons. The van der Waals surface area contributed by atoms with Crippen molar-refractivity contribution >= 4 is 9.76 Å². The molecule has 0 fully saturated rings. The van der Waals surface area contributed by atoms with Gasteiger partial charge in [0.15, 0.2) is 5.41 Å². The molecule has 0 aromatic carbocycles. The van der Waals surface area contributed by atoms with Gasteiger partial charge >= 0.3 is 0 Å². The predicted octanol–water partition coefficient (Wildman–Crippen LogP) is 1.53. The van der Waals surface area contributed by atoms with Crippen molar-refractivity contribution in [3.63, 3.8) is 0 Å². The Hall–Kier alpha value is -0.163. The Kier molecular flexibility index (Phi) is 4.73. The maximum atomic E-state index is 9.52. The van der Waals surface area contributed by atoms with E-state index < -0.39 is 15.2 Å². The SMILES string of the molecule is C=CC(OC(C)(C)C)(OC(C)(C)C)[SiH2]O. The van der Waals surface area contributed by atoms with Crippen LogP contribution in [0, 0.1) is 0 Å². The minimum Gasteiger partial charge on any atom is -0.432 e. The molecule has 0 heterocycles. The first kappa shape index (κ1) is 14.8. The van der Waals surface area contributed by atoms with E-state index in [0.717, 1.165) is 0 Å². The third-order valence-corrected chi connectivity index (χ3v) is 2.51. The van der Waals surface area contributed by atoms with E-state index in [1.54, 1.807) is 6.08 Å². The molecule has 0 spiro atoms. The standard InChI is InChI=1S/C11H24O3Si/c1-8-11(15-12,13-9(2,3)4)14-10(5,6)7/h8,12H,1,15H2,2-7H3. The summed E-state index contributed by atoms with van der Waals surface area (Å²) in [6.07, 6.45) is 1.57. The monoisotopic (exact) mass is 232 g/mol. The molecule has 0 saturated heterocycles. The molecule has 3 nitrogen and oxygen atoms in total. The zero-order chi connectivity index (χ0) is 12.3. The van der Waals surface area contributed by atoms with Crippen LogP contribution in [0.25, 0.3) is 0 Å². The van der Waals surface area contributed by atoms with Crippen molar-refractivity contribution in [1.82, 2.24) is 0 Å². The third-order valence-electron chi connectivity index (χ3n) is 1.49. The normalized spacial score (nSPS) is 14.9. The highest BCUT2D eigenvalue weighted by molar-refractivity contribution is 6.30. The summed E-state index contributed by atoms with van der Waals surface area (Å²) in [4.78, 5) is 9.52. The molecule has 0 aromatic rings. The molecule has 1 N–H and O–H groups in total. The second kappa shape index (κ2) is 4.78. The van der Waals surface area contributed by atoms with E-state index in [1.807, 2.05) is 41.5 Å². The molecular weight excluding hydrogens is 208 g/mol. The first-order chi connectivity index (χ1) is 6.54. The summed E-state index contributed by atoms with van der Waals surface area (Å²) >= 11 is 0. The average molecular weight is 232 g/mol. The second-order valence-electron chi connectivity index (χ2n) is 5.60. The van der Waals surface area contributed by atoms with Crippen LogP contribution in [0.15, 0.2) is 12.7 Å². The Labute approximate surface area is 95.4 Å². The van der Waals surface area contributed by atoms with Gasteiger partial charge in [-0.1, -0.05) is 6.58 Å². The molecule has 0 saturated carbocycles. The third kappa shape index (κ3) is 6.09. The molecule has 0 atom stereocenters. The van der Waals surface area contributed by atoms with E-state index in [-0.39, 0.29) is 11.2 Å².